The average molecular weight is 522 g/mol. The van der Waals surface area contributed by atoms with Crippen molar-refractivity contribution in [1.82, 2.24) is 20.2 Å². The second-order valence-corrected chi connectivity index (χ2v) is 8.70. The van der Waals surface area contributed by atoms with E-state index in [1.807, 2.05) is 83.4 Å². The summed E-state index contributed by atoms with van der Waals surface area (Å²) >= 11 is 4.76. The maximum absolute atomic E-state index is 12.4. The minimum absolute atomic E-state index is 0.138. The number of benzene rings is 3. The molecule has 1 heterocycles. The van der Waals surface area contributed by atoms with E-state index in [1.54, 1.807) is 13.3 Å². The zero-order valence-electron chi connectivity index (χ0n) is 17.7. The van der Waals surface area contributed by atoms with E-state index in [4.69, 9.17) is 4.74 Å². The number of carbonyl (C=O) groups is 1. The van der Waals surface area contributed by atoms with Crippen molar-refractivity contribution in [3.05, 3.63) is 88.9 Å². The predicted molar refractivity (Wildman–Crippen MR) is 134 cm³/mol. The van der Waals surface area contributed by atoms with Gasteiger partial charge in [-0.1, -0.05) is 70.2 Å². The van der Waals surface area contributed by atoms with Crippen molar-refractivity contribution in [1.29, 1.82) is 0 Å². The van der Waals surface area contributed by atoms with Gasteiger partial charge < -0.3 is 4.74 Å². The van der Waals surface area contributed by atoms with E-state index in [9.17, 15) is 4.79 Å². The van der Waals surface area contributed by atoms with Gasteiger partial charge in [0.2, 0.25) is 0 Å². The molecule has 0 bridgehead atoms. The van der Waals surface area contributed by atoms with Crippen LogP contribution in [0, 0.1) is 0 Å². The molecule has 0 saturated carbocycles. The quantitative estimate of drug-likeness (QED) is 0.201. The number of hydrogen-bond acceptors (Lipinski definition) is 6. The third-order valence-corrected chi connectivity index (χ3v) is 6.04. The van der Waals surface area contributed by atoms with E-state index in [-0.39, 0.29) is 11.7 Å². The number of halogens is 1. The highest BCUT2D eigenvalue weighted by atomic mass is 79.9. The second-order valence-electron chi connectivity index (χ2n) is 6.84. The topological polar surface area (TPSA) is 81.4 Å². The van der Waals surface area contributed by atoms with Crippen LogP contribution in [0.3, 0.4) is 0 Å². The zero-order valence-corrected chi connectivity index (χ0v) is 20.1. The molecule has 33 heavy (non-hydrogen) atoms. The monoisotopic (exact) mass is 521 g/mol. The van der Waals surface area contributed by atoms with Crippen LogP contribution < -0.4 is 10.2 Å². The molecule has 0 fully saturated rings. The number of carbonyl (C=O) groups excluding carboxylic acids is 1. The Morgan fingerprint density at radius 1 is 1.09 bits per heavy atom. The Labute approximate surface area is 204 Å². The maximum Gasteiger partial charge on any atom is 0.250 e. The van der Waals surface area contributed by atoms with Gasteiger partial charge in [0.15, 0.2) is 11.0 Å². The molecule has 0 aliphatic heterocycles. The first-order valence-corrected chi connectivity index (χ1v) is 11.8. The predicted octanol–water partition coefficient (Wildman–Crippen LogP) is 4.95. The van der Waals surface area contributed by atoms with Crippen molar-refractivity contribution in [2.75, 3.05) is 12.9 Å². The standard InChI is InChI=1S/C24H20BrN5O2S/c1-32-21-9-5-6-17(14-21)15-26-27-22(31)16-33-24-29-28-23(18-7-3-2-4-8-18)30(24)20-12-10-19(25)11-13-20/h2-15H,16H2,1H3,(H,27,31). The number of methoxy groups -OCH3 is 1. The molecule has 0 spiro atoms. The fourth-order valence-corrected chi connectivity index (χ4v) is 4.03. The lowest BCUT2D eigenvalue weighted by molar-refractivity contribution is -0.118. The van der Waals surface area contributed by atoms with Gasteiger partial charge in [-0.05, 0) is 42.0 Å². The Kier molecular flexibility index (Phi) is 7.54. The van der Waals surface area contributed by atoms with Crippen molar-refractivity contribution in [3.63, 3.8) is 0 Å². The van der Waals surface area contributed by atoms with Crippen LogP contribution >= 0.6 is 27.7 Å². The Hall–Kier alpha value is -3.43. The van der Waals surface area contributed by atoms with Crippen LogP contribution in [0.25, 0.3) is 17.1 Å². The molecular formula is C24H20BrN5O2S. The van der Waals surface area contributed by atoms with Gasteiger partial charge in [-0.3, -0.25) is 9.36 Å². The first-order chi connectivity index (χ1) is 16.1. The van der Waals surface area contributed by atoms with Gasteiger partial charge in [0.05, 0.1) is 19.1 Å². The molecule has 1 N–H and O–H groups in total. The van der Waals surface area contributed by atoms with Gasteiger partial charge in [0.25, 0.3) is 5.91 Å². The number of hydrogen-bond donors (Lipinski definition) is 1. The minimum Gasteiger partial charge on any atom is -0.497 e. The number of nitrogens with zero attached hydrogens (tertiary/aromatic N) is 4. The summed E-state index contributed by atoms with van der Waals surface area (Å²) in [6.45, 7) is 0. The summed E-state index contributed by atoms with van der Waals surface area (Å²) in [5.41, 5.74) is 5.21. The maximum atomic E-state index is 12.4. The van der Waals surface area contributed by atoms with Gasteiger partial charge >= 0.3 is 0 Å². The summed E-state index contributed by atoms with van der Waals surface area (Å²) in [6, 6.07) is 25.1. The molecule has 1 amide bonds. The van der Waals surface area contributed by atoms with E-state index in [0.717, 1.165) is 27.0 Å². The van der Waals surface area contributed by atoms with E-state index in [2.05, 4.69) is 36.7 Å². The zero-order chi connectivity index (χ0) is 23.0. The number of ether oxygens (including phenoxy) is 1. The summed E-state index contributed by atoms with van der Waals surface area (Å²) in [4.78, 5) is 12.4. The molecular weight excluding hydrogens is 502 g/mol. The normalized spacial score (nSPS) is 11.0. The number of amides is 1. The average Bonchev–Trinajstić information content (AvgIpc) is 3.28. The molecule has 7 nitrogen and oxygen atoms in total. The molecule has 0 radical (unpaired) electrons. The van der Waals surface area contributed by atoms with E-state index < -0.39 is 0 Å². The highest BCUT2D eigenvalue weighted by Crippen LogP contribution is 2.28. The number of nitrogens with one attached hydrogen (secondary N) is 1. The molecule has 4 aromatic rings. The lowest BCUT2D eigenvalue weighted by Crippen LogP contribution is -2.20. The number of rotatable bonds is 8. The molecule has 4 rings (SSSR count). The largest absolute Gasteiger partial charge is 0.497 e. The Morgan fingerprint density at radius 2 is 1.88 bits per heavy atom. The molecule has 0 aliphatic rings. The Bertz CT molecular complexity index is 1260. The third-order valence-electron chi connectivity index (χ3n) is 4.58. The molecule has 0 aliphatic carbocycles. The second kappa shape index (κ2) is 10.9. The summed E-state index contributed by atoms with van der Waals surface area (Å²) < 4.78 is 8.11. The van der Waals surface area contributed by atoms with Gasteiger partial charge in [0, 0.05) is 15.7 Å². The van der Waals surface area contributed by atoms with Crippen molar-refractivity contribution in [3.8, 4) is 22.8 Å². The van der Waals surface area contributed by atoms with Crippen LogP contribution in [0.2, 0.25) is 0 Å². The Morgan fingerprint density at radius 3 is 2.64 bits per heavy atom. The third kappa shape index (κ3) is 5.88. The fraction of sp³-hybridized carbons (Fsp3) is 0.0833. The molecule has 0 atom stereocenters. The van der Waals surface area contributed by atoms with Crippen LogP contribution in [0.1, 0.15) is 5.56 Å². The van der Waals surface area contributed by atoms with Crippen molar-refractivity contribution in [2.45, 2.75) is 5.16 Å². The molecule has 9 heteroatoms. The van der Waals surface area contributed by atoms with Crippen molar-refractivity contribution in [2.24, 2.45) is 5.10 Å². The van der Waals surface area contributed by atoms with Crippen LogP contribution in [-0.2, 0) is 4.79 Å². The van der Waals surface area contributed by atoms with E-state index in [0.29, 0.717) is 11.0 Å². The minimum atomic E-state index is -0.245. The Balaban J connectivity index is 1.48. The van der Waals surface area contributed by atoms with Crippen LogP contribution in [-0.4, -0.2) is 39.7 Å². The lowest BCUT2D eigenvalue weighted by Gasteiger charge is -2.10. The molecule has 3 aromatic carbocycles. The van der Waals surface area contributed by atoms with Crippen molar-refractivity contribution < 1.29 is 9.53 Å². The van der Waals surface area contributed by atoms with Crippen LogP contribution in [0.4, 0.5) is 0 Å². The molecule has 166 valence electrons. The highest BCUT2D eigenvalue weighted by Gasteiger charge is 2.17. The SMILES string of the molecule is COc1cccc(C=NNC(=O)CSc2nnc(-c3ccccc3)n2-c2ccc(Br)cc2)c1. The van der Waals surface area contributed by atoms with Gasteiger partial charge in [-0.2, -0.15) is 5.10 Å². The summed E-state index contributed by atoms with van der Waals surface area (Å²) in [5, 5.41) is 13.4. The smallest absolute Gasteiger partial charge is 0.250 e. The summed E-state index contributed by atoms with van der Waals surface area (Å²) in [6.07, 6.45) is 1.57. The first kappa shape index (κ1) is 22.8. The van der Waals surface area contributed by atoms with E-state index >= 15 is 0 Å². The fourth-order valence-electron chi connectivity index (χ4n) is 3.02. The number of hydrazone groups is 1. The molecule has 0 unspecified atom stereocenters. The highest BCUT2D eigenvalue weighted by molar-refractivity contribution is 9.10. The first-order valence-electron chi connectivity index (χ1n) is 9.99. The van der Waals surface area contributed by atoms with Gasteiger partial charge in [-0.15, -0.1) is 10.2 Å². The van der Waals surface area contributed by atoms with Crippen LogP contribution in [0.5, 0.6) is 5.75 Å². The van der Waals surface area contributed by atoms with E-state index in [1.165, 1.54) is 11.8 Å². The summed E-state index contributed by atoms with van der Waals surface area (Å²) in [7, 11) is 1.60. The molecule has 1 aromatic heterocycles. The van der Waals surface area contributed by atoms with Crippen LogP contribution in [0.15, 0.2) is 93.6 Å². The van der Waals surface area contributed by atoms with Gasteiger partial charge in [0.1, 0.15) is 5.75 Å². The lowest BCUT2D eigenvalue weighted by atomic mass is 10.2. The number of thioether (sulfide) groups is 1. The molecule has 0 saturated heterocycles. The summed E-state index contributed by atoms with van der Waals surface area (Å²) in [5.74, 6) is 1.32. The van der Waals surface area contributed by atoms with Gasteiger partial charge in [-0.25, -0.2) is 5.43 Å². The van der Waals surface area contributed by atoms with Crippen molar-refractivity contribution >= 4 is 39.8 Å². The number of aromatic nitrogens is 3.